The first-order chi connectivity index (χ1) is 7.84. The molecule has 1 aliphatic rings. The summed E-state index contributed by atoms with van der Waals surface area (Å²) in [6, 6.07) is 2.01. The zero-order chi connectivity index (χ0) is 11.2. The molecule has 1 saturated heterocycles. The topological polar surface area (TPSA) is 28.4 Å². The molecule has 0 aromatic carbocycles. The molecule has 0 aliphatic carbocycles. The van der Waals surface area contributed by atoms with Crippen molar-refractivity contribution in [1.29, 1.82) is 0 Å². The fraction of sp³-hybridized carbons (Fsp3) is 0.692. The van der Waals surface area contributed by atoms with Crippen LogP contribution in [0.25, 0.3) is 0 Å². The van der Waals surface area contributed by atoms with Crippen molar-refractivity contribution in [3.63, 3.8) is 0 Å². The average molecular weight is 222 g/mol. The van der Waals surface area contributed by atoms with Gasteiger partial charge in [-0.05, 0) is 44.5 Å². The Labute approximate surface area is 97.8 Å². The van der Waals surface area contributed by atoms with Gasteiger partial charge in [0.1, 0.15) is 0 Å². The first kappa shape index (κ1) is 11.7. The smallest absolute Gasteiger partial charge is 0.0947 e. The van der Waals surface area contributed by atoms with Crippen LogP contribution in [0.3, 0.4) is 0 Å². The highest BCUT2D eigenvalue weighted by Gasteiger charge is 2.14. The van der Waals surface area contributed by atoms with Crippen molar-refractivity contribution in [2.24, 2.45) is 5.92 Å². The van der Waals surface area contributed by atoms with Crippen LogP contribution in [0.4, 0.5) is 0 Å². The van der Waals surface area contributed by atoms with Crippen LogP contribution in [0.2, 0.25) is 0 Å². The summed E-state index contributed by atoms with van der Waals surface area (Å²) in [5.41, 5.74) is 1.23. The Balaban J connectivity index is 1.58. The third-order valence-electron chi connectivity index (χ3n) is 3.17. The van der Waals surface area contributed by atoms with Crippen molar-refractivity contribution < 1.29 is 4.42 Å². The van der Waals surface area contributed by atoms with Gasteiger partial charge in [-0.3, -0.25) is 0 Å². The molecule has 0 amide bonds. The van der Waals surface area contributed by atoms with Crippen LogP contribution in [0.15, 0.2) is 23.0 Å². The summed E-state index contributed by atoms with van der Waals surface area (Å²) in [5.74, 6) is 0.727. The Bertz CT molecular complexity index is 278. The fourth-order valence-corrected chi connectivity index (χ4v) is 2.33. The molecule has 1 aliphatic heterocycles. The fourth-order valence-electron chi connectivity index (χ4n) is 2.33. The summed E-state index contributed by atoms with van der Waals surface area (Å²) in [5, 5.41) is 3.47. The number of nitrogens with one attached hydrogen (secondary N) is 1. The van der Waals surface area contributed by atoms with Gasteiger partial charge >= 0.3 is 0 Å². The highest BCUT2D eigenvalue weighted by molar-refractivity contribution is 5.04. The van der Waals surface area contributed by atoms with Crippen molar-refractivity contribution in [3.05, 3.63) is 24.2 Å². The van der Waals surface area contributed by atoms with E-state index in [-0.39, 0.29) is 0 Å². The first-order valence-electron chi connectivity index (χ1n) is 6.29. The zero-order valence-corrected chi connectivity index (χ0v) is 10.1. The van der Waals surface area contributed by atoms with Gasteiger partial charge in [0.05, 0.1) is 12.5 Å². The number of hydrogen-bond acceptors (Lipinski definition) is 3. The molecular weight excluding hydrogens is 200 g/mol. The van der Waals surface area contributed by atoms with E-state index < -0.39 is 0 Å². The number of furan rings is 1. The molecule has 0 spiro atoms. The molecule has 1 N–H and O–H groups in total. The summed E-state index contributed by atoms with van der Waals surface area (Å²) < 4.78 is 5.03. The Kier molecular flexibility index (Phi) is 4.43. The average Bonchev–Trinajstić information content (AvgIpc) is 2.90. The lowest BCUT2D eigenvalue weighted by molar-refractivity contribution is 0.282. The summed E-state index contributed by atoms with van der Waals surface area (Å²) in [4.78, 5) is 2.57. The maximum atomic E-state index is 5.03. The van der Waals surface area contributed by atoms with E-state index in [9.17, 15) is 0 Å². The van der Waals surface area contributed by atoms with Crippen LogP contribution in [0, 0.1) is 5.92 Å². The van der Waals surface area contributed by atoms with Crippen molar-refractivity contribution in [1.82, 2.24) is 10.2 Å². The van der Waals surface area contributed by atoms with E-state index in [1.165, 1.54) is 38.0 Å². The van der Waals surface area contributed by atoms with E-state index in [0.717, 1.165) is 19.0 Å². The molecule has 0 radical (unpaired) electrons. The Hall–Kier alpha value is -0.800. The molecule has 0 saturated carbocycles. The van der Waals surface area contributed by atoms with Gasteiger partial charge < -0.3 is 14.6 Å². The molecule has 2 heterocycles. The van der Waals surface area contributed by atoms with Crippen LogP contribution < -0.4 is 5.32 Å². The summed E-state index contributed by atoms with van der Waals surface area (Å²) >= 11 is 0. The van der Waals surface area contributed by atoms with Crippen LogP contribution in [0.5, 0.6) is 0 Å². The molecule has 1 fully saturated rings. The highest BCUT2D eigenvalue weighted by Crippen LogP contribution is 2.09. The van der Waals surface area contributed by atoms with E-state index in [1.54, 1.807) is 12.5 Å². The zero-order valence-electron chi connectivity index (χ0n) is 10.1. The monoisotopic (exact) mass is 222 g/mol. The SMILES string of the molecule is CC(CNCc1ccoc1)CN1CCCC1. The molecule has 0 bridgehead atoms. The second kappa shape index (κ2) is 6.06. The molecule has 1 unspecified atom stereocenters. The van der Waals surface area contributed by atoms with Gasteiger partial charge in [0.2, 0.25) is 0 Å². The number of likely N-dealkylation sites (tertiary alicyclic amines) is 1. The first-order valence-corrected chi connectivity index (χ1v) is 6.29. The maximum absolute atomic E-state index is 5.03. The van der Waals surface area contributed by atoms with E-state index in [0.29, 0.717) is 0 Å². The van der Waals surface area contributed by atoms with Gasteiger partial charge in [-0.25, -0.2) is 0 Å². The molecular formula is C13H22N2O. The molecule has 1 aromatic heterocycles. The summed E-state index contributed by atoms with van der Waals surface area (Å²) in [6.07, 6.45) is 6.30. The number of rotatable bonds is 6. The van der Waals surface area contributed by atoms with Gasteiger partial charge in [-0.2, -0.15) is 0 Å². The molecule has 90 valence electrons. The lowest BCUT2D eigenvalue weighted by Crippen LogP contribution is -2.31. The molecule has 3 nitrogen and oxygen atoms in total. The van der Waals surface area contributed by atoms with Crippen molar-refractivity contribution in [3.8, 4) is 0 Å². The Morgan fingerprint density at radius 2 is 2.25 bits per heavy atom. The van der Waals surface area contributed by atoms with Crippen molar-refractivity contribution in [2.75, 3.05) is 26.2 Å². The van der Waals surface area contributed by atoms with Crippen molar-refractivity contribution >= 4 is 0 Å². The number of nitrogens with zero attached hydrogens (tertiary/aromatic N) is 1. The van der Waals surface area contributed by atoms with Crippen LogP contribution in [-0.2, 0) is 6.54 Å². The lowest BCUT2D eigenvalue weighted by atomic mass is 10.1. The van der Waals surface area contributed by atoms with E-state index in [2.05, 4.69) is 17.1 Å². The van der Waals surface area contributed by atoms with Gasteiger partial charge in [-0.1, -0.05) is 6.92 Å². The van der Waals surface area contributed by atoms with Crippen LogP contribution in [-0.4, -0.2) is 31.1 Å². The third kappa shape index (κ3) is 3.65. The summed E-state index contributed by atoms with van der Waals surface area (Å²) in [6.45, 7) is 8.15. The number of hydrogen-bond donors (Lipinski definition) is 1. The van der Waals surface area contributed by atoms with Crippen LogP contribution >= 0.6 is 0 Å². The maximum Gasteiger partial charge on any atom is 0.0947 e. The third-order valence-corrected chi connectivity index (χ3v) is 3.17. The largest absolute Gasteiger partial charge is 0.472 e. The molecule has 3 heteroatoms. The Morgan fingerprint density at radius 3 is 2.94 bits per heavy atom. The normalized spacial score (nSPS) is 19.1. The van der Waals surface area contributed by atoms with Gasteiger partial charge in [0.25, 0.3) is 0 Å². The molecule has 2 rings (SSSR count). The van der Waals surface area contributed by atoms with E-state index in [4.69, 9.17) is 4.42 Å². The Morgan fingerprint density at radius 1 is 1.44 bits per heavy atom. The van der Waals surface area contributed by atoms with Gasteiger partial charge in [0.15, 0.2) is 0 Å². The minimum Gasteiger partial charge on any atom is -0.472 e. The minimum absolute atomic E-state index is 0.727. The molecule has 1 atom stereocenters. The lowest BCUT2D eigenvalue weighted by Gasteiger charge is -2.20. The van der Waals surface area contributed by atoms with Crippen molar-refractivity contribution in [2.45, 2.75) is 26.3 Å². The van der Waals surface area contributed by atoms with Gasteiger partial charge in [0, 0.05) is 18.7 Å². The predicted octanol–water partition coefficient (Wildman–Crippen LogP) is 2.10. The van der Waals surface area contributed by atoms with E-state index >= 15 is 0 Å². The second-order valence-electron chi connectivity index (χ2n) is 4.88. The predicted molar refractivity (Wildman–Crippen MR) is 65.3 cm³/mol. The standard InChI is InChI=1S/C13H22N2O/c1-12(10-15-5-2-3-6-15)8-14-9-13-4-7-16-11-13/h4,7,11-12,14H,2-3,5-6,8-10H2,1H3. The minimum atomic E-state index is 0.727. The summed E-state index contributed by atoms with van der Waals surface area (Å²) in [7, 11) is 0. The van der Waals surface area contributed by atoms with Gasteiger partial charge in [-0.15, -0.1) is 0 Å². The second-order valence-corrected chi connectivity index (χ2v) is 4.88. The van der Waals surface area contributed by atoms with Crippen LogP contribution in [0.1, 0.15) is 25.3 Å². The molecule has 16 heavy (non-hydrogen) atoms. The quantitative estimate of drug-likeness (QED) is 0.799. The van der Waals surface area contributed by atoms with E-state index in [1.807, 2.05) is 6.07 Å². The molecule has 1 aromatic rings. The highest BCUT2D eigenvalue weighted by atomic mass is 16.3.